The van der Waals surface area contributed by atoms with Crippen LogP contribution in [-0.2, 0) is 4.79 Å². The Balaban J connectivity index is 1.84. The number of nitrogens with two attached hydrogens (primary N) is 1. The average molecular weight is 418 g/mol. The Morgan fingerprint density at radius 3 is 2.33 bits per heavy atom. The Hall–Kier alpha value is -3.03. The molecule has 30 heavy (non-hydrogen) atoms. The summed E-state index contributed by atoms with van der Waals surface area (Å²) in [5.74, 6) is 0.384. The van der Waals surface area contributed by atoms with Crippen molar-refractivity contribution in [1.82, 2.24) is 4.98 Å². The van der Waals surface area contributed by atoms with Gasteiger partial charge in [0.1, 0.15) is 28.2 Å². The zero-order chi connectivity index (χ0) is 21.1. The molecule has 0 bridgehead atoms. The summed E-state index contributed by atoms with van der Waals surface area (Å²) in [6, 6.07) is 13.9. The van der Waals surface area contributed by atoms with Gasteiger partial charge in [0.15, 0.2) is 0 Å². The molecule has 152 valence electrons. The lowest BCUT2D eigenvalue weighted by Crippen LogP contribution is -2.31. The van der Waals surface area contributed by atoms with Crippen LogP contribution in [0.4, 0.5) is 5.82 Å². The molecule has 1 aromatic heterocycles. The lowest BCUT2D eigenvalue weighted by molar-refractivity contribution is -0.117. The molecule has 1 saturated carbocycles. The maximum atomic E-state index is 12.3. The summed E-state index contributed by atoms with van der Waals surface area (Å²) in [6.07, 6.45) is 5.22. The van der Waals surface area contributed by atoms with Gasteiger partial charge in [0, 0.05) is 13.1 Å². The smallest absolute Gasteiger partial charge is 0.235 e. The minimum absolute atomic E-state index is 0.212. The summed E-state index contributed by atoms with van der Waals surface area (Å²) in [5.41, 5.74) is 8.24. The molecule has 2 heterocycles. The topological polar surface area (TPSA) is 107 Å². The van der Waals surface area contributed by atoms with E-state index in [0.717, 1.165) is 49.9 Å². The first-order chi connectivity index (χ1) is 14.6. The molecule has 7 heteroatoms. The molecule has 1 aliphatic heterocycles. The van der Waals surface area contributed by atoms with Crippen molar-refractivity contribution >= 4 is 23.5 Å². The van der Waals surface area contributed by atoms with Gasteiger partial charge in [0.05, 0.1) is 11.1 Å². The number of nitrogens with zero attached hydrogens (tertiary/aromatic N) is 4. The molecule has 1 atom stereocenters. The number of anilines is 1. The standard InChI is InChI=1S/C23H23N5OS/c24-13-17-19(15-9-10-15)18(14-25)23(27-22(17)28-11-5-2-6-12-28)30-20(21(26)29)16-7-3-1-4-8-16/h1,3-4,7-8,15,20H,2,5-6,9-12H2,(H2,26,29). The summed E-state index contributed by atoms with van der Waals surface area (Å²) in [6.45, 7) is 1.69. The number of benzene rings is 1. The number of piperidine rings is 1. The van der Waals surface area contributed by atoms with E-state index >= 15 is 0 Å². The van der Waals surface area contributed by atoms with E-state index in [1.165, 1.54) is 18.2 Å². The predicted octanol–water partition coefficient (Wildman–Crippen LogP) is 4.01. The first kappa shape index (κ1) is 20.3. The number of hydrogen-bond donors (Lipinski definition) is 1. The summed E-state index contributed by atoms with van der Waals surface area (Å²) in [4.78, 5) is 19.2. The van der Waals surface area contributed by atoms with Crippen LogP contribution < -0.4 is 10.6 Å². The van der Waals surface area contributed by atoms with Crippen LogP contribution in [0.25, 0.3) is 0 Å². The highest BCUT2D eigenvalue weighted by Gasteiger charge is 2.35. The van der Waals surface area contributed by atoms with Crippen molar-refractivity contribution in [2.24, 2.45) is 5.73 Å². The number of carbonyl (C=O) groups is 1. The molecule has 2 aromatic rings. The van der Waals surface area contributed by atoms with E-state index in [0.29, 0.717) is 22.0 Å². The first-order valence-corrected chi connectivity index (χ1v) is 11.2. The van der Waals surface area contributed by atoms with Crippen LogP contribution in [0.2, 0.25) is 0 Å². The van der Waals surface area contributed by atoms with Gasteiger partial charge < -0.3 is 10.6 Å². The van der Waals surface area contributed by atoms with Gasteiger partial charge in [-0.05, 0) is 49.1 Å². The van der Waals surface area contributed by atoms with Crippen LogP contribution in [0.5, 0.6) is 0 Å². The highest BCUT2D eigenvalue weighted by atomic mass is 32.2. The Morgan fingerprint density at radius 2 is 1.77 bits per heavy atom. The molecule has 1 saturated heterocycles. The number of carbonyl (C=O) groups excluding carboxylic acids is 1. The Morgan fingerprint density at radius 1 is 1.10 bits per heavy atom. The lowest BCUT2D eigenvalue weighted by atomic mass is 9.99. The van der Waals surface area contributed by atoms with Crippen LogP contribution in [-0.4, -0.2) is 24.0 Å². The number of amides is 1. The van der Waals surface area contributed by atoms with Crippen molar-refractivity contribution in [3.63, 3.8) is 0 Å². The van der Waals surface area contributed by atoms with Gasteiger partial charge in [-0.3, -0.25) is 4.79 Å². The third kappa shape index (κ3) is 3.99. The number of aromatic nitrogens is 1. The Bertz CT molecular complexity index is 1030. The number of rotatable bonds is 6. The predicted molar refractivity (Wildman–Crippen MR) is 116 cm³/mol. The quantitative estimate of drug-likeness (QED) is 0.712. The van der Waals surface area contributed by atoms with E-state index in [2.05, 4.69) is 17.0 Å². The molecule has 0 radical (unpaired) electrons. The van der Waals surface area contributed by atoms with E-state index in [1.807, 2.05) is 30.3 Å². The van der Waals surface area contributed by atoms with Crippen LogP contribution in [0.1, 0.15) is 65.5 Å². The number of pyridine rings is 1. The van der Waals surface area contributed by atoms with Crippen molar-refractivity contribution in [2.75, 3.05) is 18.0 Å². The van der Waals surface area contributed by atoms with Gasteiger partial charge in [-0.2, -0.15) is 10.5 Å². The molecule has 1 aliphatic carbocycles. The van der Waals surface area contributed by atoms with Crippen molar-refractivity contribution in [1.29, 1.82) is 10.5 Å². The third-order valence-corrected chi connectivity index (χ3v) is 6.90. The first-order valence-electron chi connectivity index (χ1n) is 10.3. The number of thioether (sulfide) groups is 1. The second-order valence-electron chi connectivity index (χ2n) is 7.76. The zero-order valence-corrected chi connectivity index (χ0v) is 17.5. The van der Waals surface area contributed by atoms with E-state index in [1.54, 1.807) is 0 Å². The Labute approximate surface area is 180 Å². The summed E-state index contributed by atoms with van der Waals surface area (Å²) in [7, 11) is 0. The summed E-state index contributed by atoms with van der Waals surface area (Å²) >= 11 is 1.21. The normalized spacial score (nSPS) is 17.1. The van der Waals surface area contributed by atoms with Gasteiger partial charge in [0.2, 0.25) is 5.91 Å². The molecular weight excluding hydrogens is 394 g/mol. The molecule has 1 amide bonds. The highest BCUT2D eigenvalue weighted by Crippen LogP contribution is 2.48. The molecule has 2 fully saturated rings. The van der Waals surface area contributed by atoms with Gasteiger partial charge in [-0.25, -0.2) is 4.98 Å². The molecule has 4 rings (SSSR count). The lowest BCUT2D eigenvalue weighted by Gasteiger charge is -2.30. The largest absolute Gasteiger partial charge is 0.368 e. The fraction of sp³-hybridized carbons (Fsp3) is 0.391. The molecule has 1 aromatic carbocycles. The Kier molecular flexibility index (Phi) is 5.92. The second kappa shape index (κ2) is 8.77. The third-order valence-electron chi connectivity index (χ3n) is 5.64. The van der Waals surface area contributed by atoms with Crippen molar-refractivity contribution in [2.45, 2.75) is 48.3 Å². The summed E-state index contributed by atoms with van der Waals surface area (Å²) in [5, 5.41) is 19.8. The molecule has 1 unspecified atom stereocenters. The van der Waals surface area contributed by atoms with Crippen LogP contribution in [0, 0.1) is 22.7 Å². The number of nitriles is 2. The zero-order valence-electron chi connectivity index (χ0n) is 16.7. The summed E-state index contributed by atoms with van der Waals surface area (Å²) < 4.78 is 0. The van der Waals surface area contributed by atoms with E-state index < -0.39 is 11.2 Å². The van der Waals surface area contributed by atoms with Gasteiger partial charge >= 0.3 is 0 Å². The van der Waals surface area contributed by atoms with Gasteiger partial charge in [-0.15, -0.1) is 0 Å². The van der Waals surface area contributed by atoms with Gasteiger partial charge in [0.25, 0.3) is 0 Å². The monoisotopic (exact) mass is 417 g/mol. The average Bonchev–Trinajstić information content (AvgIpc) is 3.62. The fourth-order valence-electron chi connectivity index (χ4n) is 4.02. The van der Waals surface area contributed by atoms with Crippen LogP contribution in [0.3, 0.4) is 0 Å². The van der Waals surface area contributed by atoms with Gasteiger partial charge in [-0.1, -0.05) is 42.1 Å². The minimum atomic E-state index is -0.653. The minimum Gasteiger partial charge on any atom is -0.368 e. The maximum absolute atomic E-state index is 12.3. The van der Waals surface area contributed by atoms with Crippen molar-refractivity contribution in [3.05, 3.63) is 52.6 Å². The maximum Gasteiger partial charge on any atom is 0.235 e. The van der Waals surface area contributed by atoms with E-state index in [9.17, 15) is 15.3 Å². The molecular formula is C23H23N5OS. The van der Waals surface area contributed by atoms with Crippen LogP contribution >= 0.6 is 11.8 Å². The van der Waals surface area contributed by atoms with E-state index in [4.69, 9.17) is 10.7 Å². The van der Waals surface area contributed by atoms with Crippen molar-refractivity contribution < 1.29 is 4.79 Å². The van der Waals surface area contributed by atoms with E-state index in [-0.39, 0.29) is 5.92 Å². The second-order valence-corrected chi connectivity index (χ2v) is 8.85. The SMILES string of the molecule is N#Cc1c(SC(C(N)=O)c2ccccc2)nc(N2CCCCC2)c(C#N)c1C1CC1. The van der Waals surface area contributed by atoms with Crippen LogP contribution in [0.15, 0.2) is 35.4 Å². The number of hydrogen-bond acceptors (Lipinski definition) is 6. The van der Waals surface area contributed by atoms with Crippen molar-refractivity contribution in [3.8, 4) is 12.1 Å². The molecule has 6 nitrogen and oxygen atoms in total. The molecule has 0 spiro atoms. The molecule has 2 aliphatic rings. The number of primary amides is 1. The highest BCUT2D eigenvalue weighted by molar-refractivity contribution is 8.00. The molecule has 2 N–H and O–H groups in total. The fourth-order valence-corrected chi connectivity index (χ4v) is 5.06.